The van der Waals surface area contributed by atoms with Gasteiger partial charge in [-0.2, -0.15) is 0 Å². The zero-order valence-corrected chi connectivity index (χ0v) is 19.1. The molecule has 132 valence electrons. The summed E-state index contributed by atoms with van der Waals surface area (Å²) in [4.78, 5) is 5.57. The Labute approximate surface area is 170 Å². The standard InChI is InChI=1S/C15H24BrN3OS2.HI/c1-3-22(20)13-6-4-5-11(9-13)19-15(17-2)18-10-12-7-8-14(16)21-12;/h7-8,11,13H,3-6,9-10H2,1-2H3,(H2,17,18,19);1H. The fourth-order valence-corrected chi connectivity index (χ4v) is 5.53. The second-order valence-electron chi connectivity index (χ2n) is 5.43. The summed E-state index contributed by atoms with van der Waals surface area (Å²) in [6.45, 7) is 2.78. The third-order valence-electron chi connectivity index (χ3n) is 3.91. The predicted octanol–water partition coefficient (Wildman–Crippen LogP) is 3.87. The molecule has 8 heteroatoms. The van der Waals surface area contributed by atoms with E-state index in [4.69, 9.17) is 0 Å². The summed E-state index contributed by atoms with van der Waals surface area (Å²) in [5, 5.41) is 7.18. The van der Waals surface area contributed by atoms with Gasteiger partial charge in [0.25, 0.3) is 0 Å². The topological polar surface area (TPSA) is 53.5 Å². The number of thiophene rings is 1. The van der Waals surface area contributed by atoms with Gasteiger partial charge in [-0.15, -0.1) is 35.3 Å². The molecule has 0 aromatic carbocycles. The molecule has 1 aliphatic carbocycles. The van der Waals surface area contributed by atoms with Crippen molar-refractivity contribution < 1.29 is 4.21 Å². The zero-order chi connectivity index (χ0) is 15.9. The summed E-state index contributed by atoms with van der Waals surface area (Å²) in [6, 6.07) is 4.54. The maximum Gasteiger partial charge on any atom is 0.191 e. The van der Waals surface area contributed by atoms with Gasteiger partial charge in [-0.1, -0.05) is 13.3 Å². The van der Waals surface area contributed by atoms with Gasteiger partial charge in [0.1, 0.15) is 0 Å². The molecule has 1 aromatic rings. The van der Waals surface area contributed by atoms with Crippen molar-refractivity contribution in [2.24, 2.45) is 4.99 Å². The normalized spacial score (nSPS) is 23.0. The summed E-state index contributed by atoms with van der Waals surface area (Å²) in [5.74, 6) is 1.59. The van der Waals surface area contributed by atoms with Gasteiger partial charge in [0, 0.05) is 39.8 Å². The molecule has 1 saturated carbocycles. The van der Waals surface area contributed by atoms with Crippen LogP contribution in [0, 0.1) is 0 Å². The van der Waals surface area contributed by atoms with Crippen LogP contribution in [0.15, 0.2) is 20.9 Å². The lowest BCUT2D eigenvalue weighted by Crippen LogP contribution is -2.46. The van der Waals surface area contributed by atoms with E-state index in [1.54, 1.807) is 18.4 Å². The molecule has 3 unspecified atom stereocenters. The minimum atomic E-state index is -0.685. The average molecular weight is 534 g/mol. The van der Waals surface area contributed by atoms with Crippen LogP contribution in [0.4, 0.5) is 0 Å². The molecule has 1 heterocycles. The Morgan fingerprint density at radius 2 is 2.26 bits per heavy atom. The van der Waals surface area contributed by atoms with Crippen molar-refractivity contribution in [3.8, 4) is 0 Å². The van der Waals surface area contributed by atoms with Gasteiger partial charge < -0.3 is 10.6 Å². The van der Waals surface area contributed by atoms with E-state index in [-0.39, 0.29) is 24.0 Å². The van der Waals surface area contributed by atoms with E-state index < -0.39 is 10.8 Å². The lowest BCUT2D eigenvalue weighted by molar-refractivity contribution is 0.413. The average Bonchev–Trinajstić information content (AvgIpc) is 2.96. The van der Waals surface area contributed by atoms with Crippen LogP contribution >= 0.6 is 51.2 Å². The summed E-state index contributed by atoms with van der Waals surface area (Å²) in [6.07, 6.45) is 4.34. The number of guanidine groups is 1. The number of nitrogens with zero attached hydrogens (tertiary/aromatic N) is 1. The monoisotopic (exact) mass is 533 g/mol. The van der Waals surface area contributed by atoms with Crippen LogP contribution in [0.1, 0.15) is 37.5 Å². The van der Waals surface area contributed by atoms with E-state index >= 15 is 0 Å². The molecule has 0 saturated heterocycles. The molecule has 2 N–H and O–H groups in total. The molecular formula is C15H25BrIN3OS2. The third-order valence-corrected chi connectivity index (χ3v) is 7.27. The summed E-state index contributed by atoms with van der Waals surface area (Å²) < 4.78 is 13.2. The zero-order valence-electron chi connectivity index (χ0n) is 13.5. The van der Waals surface area contributed by atoms with Crippen molar-refractivity contribution in [1.29, 1.82) is 0 Å². The van der Waals surface area contributed by atoms with Crippen molar-refractivity contribution in [3.05, 3.63) is 20.8 Å². The SMILES string of the molecule is CCS(=O)C1CCCC(NC(=NC)NCc2ccc(Br)s2)C1.I. The van der Waals surface area contributed by atoms with Crippen LogP contribution in [-0.2, 0) is 17.3 Å². The van der Waals surface area contributed by atoms with Crippen LogP contribution in [0.3, 0.4) is 0 Å². The Morgan fingerprint density at radius 1 is 1.48 bits per heavy atom. The molecule has 2 rings (SSSR count). The van der Waals surface area contributed by atoms with Gasteiger partial charge >= 0.3 is 0 Å². The molecular weight excluding hydrogens is 509 g/mol. The Hall–Kier alpha value is 0.330. The first kappa shape index (κ1) is 21.4. The van der Waals surface area contributed by atoms with E-state index in [0.29, 0.717) is 11.3 Å². The van der Waals surface area contributed by atoms with Crippen LogP contribution in [0.25, 0.3) is 0 Å². The van der Waals surface area contributed by atoms with Gasteiger partial charge in [-0.25, -0.2) is 0 Å². The molecule has 4 nitrogen and oxygen atoms in total. The first-order valence-corrected chi connectivity index (χ1v) is 10.7. The quantitative estimate of drug-likeness (QED) is 0.343. The number of aliphatic imine (C=N–C) groups is 1. The molecule has 0 amide bonds. The first-order valence-electron chi connectivity index (χ1n) is 7.71. The van der Waals surface area contributed by atoms with Crippen molar-refractivity contribution in [3.63, 3.8) is 0 Å². The fourth-order valence-electron chi connectivity index (χ4n) is 2.76. The molecule has 0 radical (unpaired) electrons. The highest BCUT2D eigenvalue weighted by Gasteiger charge is 2.25. The molecule has 0 aliphatic heterocycles. The summed E-state index contributed by atoms with van der Waals surface area (Å²) in [7, 11) is 1.11. The smallest absolute Gasteiger partial charge is 0.191 e. The maximum absolute atomic E-state index is 12.0. The minimum absolute atomic E-state index is 0. The second-order valence-corrected chi connectivity index (χ2v) is 9.98. The minimum Gasteiger partial charge on any atom is -0.354 e. The van der Waals surface area contributed by atoms with Gasteiger partial charge in [0.05, 0.1) is 10.3 Å². The summed E-state index contributed by atoms with van der Waals surface area (Å²) in [5.41, 5.74) is 0. The number of hydrogen-bond donors (Lipinski definition) is 2. The van der Waals surface area contributed by atoms with Gasteiger partial charge in [0.2, 0.25) is 0 Å². The molecule has 0 spiro atoms. The van der Waals surface area contributed by atoms with Crippen LogP contribution in [-0.4, -0.2) is 34.3 Å². The second kappa shape index (κ2) is 11.0. The van der Waals surface area contributed by atoms with Crippen molar-refractivity contribution >= 4 is 68.0 Å². The highest BCUT2D eigenvalue weighted by Crippen LogP contribution is 2.23. The predicted molar refractivity (Wildman–Crippen MR) is 115 cm³/mol. The number of nitrogens with one attached hydrogen (secondary N) is 2. The Kier molecular flexibility index (Phi) is 10.3. The summed E-state index contributed by atoms with van der Waals surface area (Å²) >= 11 is 5.20. The maximum atomic E-state index is 12.0. The Morgan fingerprint density at radius 3 is 2.87 bits per heavy atom. The van der Waals surface area contributed by atoms with Gasteiger partial charge in [0.15, 0.2) is 5.96 Å². The lowest BCUT2D eigenvalue weighted by atomic mass is 9.95. The van der Waals surface area contributed by atoms with E-state index in [1.165, 1.54) is 4.88 Å². The number of rotatable bonds is 5. The molecule has 1 fully saturated rings. The van der Waals surface area contributed by atoms with Gasteiger partial charge in [-0.3, -0.25) is 9.20 Å². The number of hydrogen-bond acceptors (Lipinski definition) is 3. The van der Waals surface area contributed by atoms with Crippen LogP contribution < -0.4 is 10.6 Å². The van der Waals surface area contributed by atoms with Crippen molar-refractivity contribution in [1.82, 2.24) is 10.6 Å². The molecule has 1 aromatic heterocycles. The molecule has 1 aliphatic rings. The first-order chi connectivity index (χ1) is 10.6. The Balaban J connectivity index is 0.00000264. The molecule has 23 heavy (non-hydrogen) atoms. The number of halogens is 2. The van der Waals surface area contributed by atoms with Crippen LogP contribution in [0.2, 0.25) is 0 Å². The highest BCUT2D eigenvalue weighted by atomic mass is 127. The molecule has 3 atom stereocenters. The lowest BCUT2D eigenvalue weighted by Gasteiger charge is -2.30. The van der Waals surface area contributed by atoms with E-state index in [0.717, 1.165) is 47.7 Å². The fraction of sp³-hybridized carbons (Fsp3) is 0.667. The highest BCUT2D eigenvalue weighted by molar-refractivity contribution is 14.0. The largest absolute Gasteiger partial charge is 0.354 e. The van der Waals surface area contributed by atoms with E-state index in [1.807, 2.05) is 6.92 Å². The van der Waals surface area contributed by atoms with E-state index in [9.17, 15) is 4.21 Å². The van der Waals surface area contributed by atoms with Crippen molar-refractivity contribution in [2.45, 2.75) is 50.4 Å². The van der Waals surface area contributed by atoms with Crippen molar-refractivity contribution in [2.75, 3.05) is 12.8 Å². The van der Waals surface area contributed by atoms with Gasteiger partial charge in [-0.05, 0) is 47.3 Å². The third kappa shape index (κ3) is 6.99. The molecule has 0 bridgehead atoms. The van der Waals surface area contributed by atoms with E-state index in [2.05, 4.69) is 43.7 Å². The Bertz CT molecular complexity index is 539. The van der Waals surface area contributed by atoms with Crippen LogP contribution in [0.5, 0.6) is 0 Å².